The van der Waals surface area contributed by atoms with Gasteiger partial charge in [-0.2, -0.15) is 0 Å². The quantitative estimate of drug-likeness (QED) is 0.808. The van der Waals surface area contributed by atoms with Crippen molar-refractivity contribution in [3.05, 3.63) is 34.9 Å². The highest BCUT2D eigenvalue weighted by atomic mass is 35.5. The van der Waals surface area contributed by atoms with Gasteiger partial charge in [-0.15, -0.1) is 12.4 Å². The molecule has 1 aromatic rings. The number of benzene rings is 1. The van der Waals surface area contributed by atoms with E-state index in [1.807, 2.05) is 7.05 Å². The van der Waals surface area contributed by atoms with E-state index < -0.39 is 0 Å². The van der Waals surface area contributed by atoms with E-state index in [-0.39, 0.29) is 25.1 Å². The van der Waals surface area contributed by atoms with Crippen molar-refractivity contribution in [3.63, 3.8) is 0 Å². The van der Waals surface area contributed by atoms with Gasteiger partial charge < -0.3 is 10.4 Å². The maximum atomic E-state index is 9.13. The molecule has 2 nitrogen and oxygen atoms in total. The lowest BCUT2D eigenvalue weighted by Gasteiger charge is -2.16. The minimum absolute atomic E-state index is 0. The summed E-state index contributed by atoms with van der Waals surface area (Å²) in [6.45, 7) is 4.27. The molecule has 0 bridgehead atoms. The second-order valence-electron chi connectivity index (χ2n) is 3.38. The van der Waals surface area contributed by atoms with E-state index >= 15 is 0 Å². The fourth-order valence-corrected chi connectivity index (χ4v) is 1.48. The predicted octanol–water partition coefficient (Wildman–Crippen LogP) is 1.98. The third kappa shape index (κ3) is 2.98. The van der Waals surface area contributed by atoms with Crippen molar-refractivity contribution in [2.75, 3.05) is 13.7 Å². The molecule has 0 saturated carbocycles. The lowest BCUT2D eigenvalue weighted by molar-refractivity contribution is 0.250. The maximum Gasteiger partial charge on any atom is 0.0626 e. The molecule has 0 aliphatic carbocycles. The standard InChI is InChI=1S/C11H17NO.ClH/c1-8-4-5-9(2)10(6-8)11(7-13)12-3;/h4-6,11-13H,7H2,1-3H3;1H/t11-;/m0./s1. The second kappa shape index (κ2) is 6.02. The number of halogens is 1. The van der Waals surface area contributed by atoms with E-state index in [9.17, 15) is 0 Å². The molecule has 0 spiro atoms. The summed E-state index contributed by atoms with van der Waals surface area (Å²) in [5.41, 5.74) is 3.64. The van der Waals surface area contributed by atoms with Gasteiger partial charge in [0.2, 0.25) is 0 Å². The van der Waals surface area contributed by atoms with Crippen LogP contribution in [0, 0.1) is 13.8 Å². The summed E-state index contributed by atoms with van der Waals surface area (Å²) < 4.78 is 0. The molecule has 14 heavy (non-hydrogen) atoms. The fourth-order valence-electron chi connectivity index (χ4n) is 1.48. The van der Waals surface area contributed by atoms with Crippen molar-refractivity contribution in [1.82, 2.24) is 5.32 Å². The molecule has 0 heterocycles. The number of aliphatic hydroxyl groups excluding tert-OH is 1. The van der Waals surface area contributed by atoms with Crippen molar-refractivity contribution < 1.29 is 5.11 Å². The van der Waals surface area contributed by atoms with Crippen LogP contribution in [0.3, 0.4) is 0 Å². The van der Waals surface area contributed by atoms with Crippen molar-refractivity contribution in [1.29, 1.82) is 0 Å². The average Bonchev–Trinajstić information content (AvgIpc) is 2.13. The molecule has 0 amide bonds. The zero-order valence-corrected chi connectivity index (χ0v) is 9.69. The van der Waals surface area contributed by atoms with Crippen LogP contribution in [0.4, 0.5) is 0 Å². The van der Waals surface area contributed by atoms with Gasteiger partial charge >= 0.3 is 0 Å². The summed E-state index contributed by atoms with van der Waals surface area (Å²) in [6.07, 6.45) is 0. The Labute approximate surface area is 91.8 Å². The van der Waals surface area contributed by atoms with Gasteiger partial charge in [-0.25, -0.2) is 0 Å². The first kappa shape index (κ1) is 13.4. The van der Waals surface area contributed by atoms with E-state index in [1.54, 1.807) is 0 Å². The van der Waals surface area contributed by atoms with Crippen LogP contribution in [0.25, 0.3) is 0 Å². The Balaban J connectivity index is 0.00000169. The molecule has 0 saturated heterocycles. The molecule has 2 N–H and O–H groups in total. The number of aliphatic hydroxyl groups is 1. The minimum atomic E-state index is 0. The Morgan fingerprint density at radius 2 is 2.00 bits per heavy atom. The highest BCUT2D eigenvalue weighted by Crippen LogP contribution is 2.18. The van der Waals surface area contributed by atoms with E-state index in [0.717, 1.165) is 0 Å². The van der Waals surface area contributed by atoms with Crippen molar-refractivity contribution in [3.8, 4) is 0 Å². The van der Waals surface area contributed by atoms with E-state index in [0.29, 0.717) is 0 Å². The summed E-state index contributed by atoms with van der Waals surface area (Å²) >= 11 is 0. The number of rotatable bonds is 3. The Bertz CT molecular complexity index is 285. The van der Waals surface area contributed by atoms with Gasteiger partial charge in [0, 0.05) is 0 Å². The number of hydrogen-bond donors (Lipinski definition) is 2. The maximum absolute atomic E-state index is 9.13. The minimum Gasteiger partial charge on any atom is -0.394 e. The lowest BCUT2D eigenvalue weighted by atomic mass is 9.99. The molecule has 1 aromatic carbocycles. The van der Waals surface area contributed by atoms with Crippen LogP contribution in [0.1, 0.15) is 22.7 Å². The SMILES string of the molecule is CN[C@@H](CO)c1cc(C)ccc1C.Cl. The first-order valence-corrected chi connectivity index (χ1v) is 4.54. The van der Waals surface area contributed by atoms with Gasteiger partial charge in [-0.1, -0.05) is 23.8 Å². The van der Waals surface area contributed by atoms with Crippen LogP contribution < -0.4 is 5.32 Å². The van der Waals surface area contributed by atoms with E-state index in [1.165, 1.54) is 16.7 Å². The van der Waals surface area contributed by atoms with Crippen LogP contribution in [-0.2, 0) is 0 Å². The number of nitrogens with one attached hydrogen (secondary N) is 1. The Hall–Kier alpha value is -0.570. The molecule has 1 rings (SSSR count). The second-order valence-corrected chi connectivity index (χ2v) is 3.38. The molecule has 1 atom stereocenters. The molecule has 3 heteroatoms. The van der Waals surface area contributed by atoms with Crippen molar-refractivity contribution in [2.45, 2.75) is 19.9 Å². The van der Waals surface area contributed by atoms with Gasteiger partial charge in [0.15, 0.2) is 0 Å². The first-order valence-electron chi connectivity index (χ1n) is 4.54. The molecular formula is C11H18ClNO. The van der Waals surface area contributed by atoms with Gasteiger partial charge in [0.1, 0.15) is 0 Å². The van der Waals surface area contributed by atoms with Gasteiger partial charge in [0.25, 0.3) is 0 Å². The van der Waals surface area contributed by atoms with Gasteiger partial charge in [0.05, 0.1) is 12.6 Å². The van der Waals surface area contributed by atoms with Crippen LogP contribution in [-0.4, -0.2) is 18.8 Å². The third-order valence-corrected chi connectivity index (χ3v) is 2.34. The van der Waals surface area contributed by atoms with E-state index in [4.69, 9.17) is 5.11 Å². The Kier molecular flexibility index (Phi) is 5.77. The smallest absolute Gasteiger partial charge is 0.0626 e. The van der Waals surface area contributed by atoms with Gasteiger partial charge in [-0.3, -0.25) is 0 Å². The summed E-state index contributed by atoms with van der Waals surface area (Å²) in [5, 5.41) is 12.2. The lowest BCUT2D eigenvalue weighted by Crippen LogP contribution is -2.20. The molecule has 0 aromatic heterocycles. The van der Waals surface area contributed by atoms with Crippen LogP contribution in [0.5, 0.6) is 0 Å². The summed E-state index contributed by atoms with van der Waals surface area (Å²) in [5.74, 6) is 0. The topological polar surface area (TPSA) is 32.3 Å². The van der Waals surface area contributed by atoms with Gasteiger partial charge in [-0.05, 0) is 32.0 Å². The van der Waals surface area contributed by atoms with E-state index in [2.05, 4.69) is 37.4 Å². The zero-order chi connectivity index (χ0) is 9.84. The average molecular weight is 216 g/mol. The normalized spacial score (nSPS) is 12.0. The molecule has 0 aliphatic heterocycles. The van der Waals surface area contributed by atoms with Crippen molar-refractivity contribution >= 4 is 12.4 Å². The molecule has 0 aliphatic rings. The summed E-state index contributed by atoms with van der Waals surface area (Å²) in [7, 11) is 1.86. The monoisotopic (exact) mass is 215 g/mol. The number of likely N-dealkylation sites (N-methyl/N-ethyl adjacent to an activating group) is 1. The summed E-state index contributed by atoms with van der Waals surface area (Å²) in [4.78, 5) is 0. The molecule has 80 valence electrons. The van der Waals surface area contributed by atoms with Crippen LogP contribution in [0.15, 0.2) is 18.2 Å². The highest BCUT2D eigenvalue weighted by molar-refractivity contribution is 5.85. The number of aryl methyl sites for hydroxylation is 2. The molecule has 0 unspecified atom stereocenters. The third-order valence-electron chi connectivity index (χ3n) is 2.34. The fraction of sp³-hybridized carbons (Fsp3) is 0.455. The largest absolute Gasteiger partial charge is 0.394 e. The zero-order valence-electron chi connectivity index (χ0n) is 8.87. The van der Waals surface area contributed by atoms with Crippen LogP contribution >= 0.6 is 12.4 Å². The first-order chi connectivity index (χ1) is 6.19. The summed E-state index contributed by atoms with van der Waals surface area (Å²) in [6, 6.07) is 6.35. The molecule has 0 radical (unpaired) electrons. The molecular weight excluding hydrogens is 198 g/mol. The molecule has 0 fully saturated rings. The predicted molar refractivity (Wildman–Crippen MR) is 62.1 cm³/mol. The Morgan fingerprint density at radius 3 is 2.50 bits per heavy atom. The Morgan fingerprint density at radius 1 is 1.36 bits per heavy atom. The number of hydrogen-bond acceptors (Lipinski definition) is 2. The van der Waals surface area contributed by atoms with Crippen molar-refractivity contribution in [2.24, 2.45) is 0 Å². The highest BCUT2D eigenvalue weighted by Gasteiger charge is 2.09. The van der Waals surface area contributed by atoms with Crippen LogP contribution in [0.2, 0.25) is 0 Å².